The van der Waals surface area contributed by atoms with Crippen LogP contribution in [0.3, 0.4) is 0 Å². The molecule has 1 fully saturated rings. The first-order valence-electron chi connectivity index (χ1n) is 9.24. The van der Waals surface area contributed by atoms with Gasteiger partial charge in [0.2, 0.25) is 11.9 Å². The molecule has 0 spiro atoms. The van der Waals surface area contributed by atoms with E-state index in [1.165, 1.54) is 6.92 Å². The first kappa shape index (κ1) is 18.4. The number of rotatable bonds is 4. The van der Waals surface area contributed by atoms with E-state index in [2.05, 4.69) is 36.6 Å². The monoisotopic (exact) mass is 388 g/mol. The highest BCUT2D eigenvalue weighted by atomic mass is 16.1. The standard InChI is InChI=1S/C20H20N8O/c1-12(29)24-15-4-6-28(11-15)19-18-17(3-2-5-23-18)26-20(27-19)25-16-8-13(10-21)7-14(22)9-16/h2-3,5,7-9,15H,4,6,11,22H2,1H3,(H,24,29)(H,25,26,27)/t15-/m0/s1. The number of carbonyl (C=O) groups is 1. The number of nitrogens with two attached hydrogens (primary N) is 1. The quantitative estimate of drug-likeness (QED) is 0.578. The van der Waals surface area contributed by atoms with Crippen molar-refractivity contribution < 1.29 is 4.79 Å². The molecule has 2 aromatic heterocycles. The van der Waals surface area contributed by atoms with Gasteiger partial charge in [0, 0.05) is 43.6 Å². The fourth-order valence-corrected chi connectivity index (χ4v) is 3.50. The Hall–Kier alpha value is -3.93. The van der Waals surface area contributed by atoms with Crippen molar-refractivity contribution in [3.63, 3.8) is 0 Å². The molecule has 3 heterocycles. The predicted octanol–water partition coefficient (Wildman–Crippen LogP) is 1.94. The minimum atomic E-state index is -0.0418. The van der Waals surface area contributed by atoms with Gasteiger partial charge in [0.05, 0.1) is 17.1 Å². The van der Waals surface area contributed by atoms with Crippen molar-refractivity contribution in [3.05, 3.63) is 42.1 Å². The zero-order chi connectivity index (χ0) is 20.4. The number of benzene rings is 1. The number of anilines is 4. The summed E-state index contributed by atoms with van der Waals surface area (Å²) in [6.07, 6.45) is 2.54. The Labute approximate surface area is 167 Å². The van der Waals surface area contributed by atoms with Crippen LogP contribution in [0.25, 0.3) is 11.0 Å². The predicted molar refractivity (Wildman–Crippen MR) is 111 cm³/mol. The summed E-state index contributed by atoms with van der Waals surface area (Å²) in [6, 6.07) is 10.9. The average Bonchev–Trinajstić information content (AvgIpc) is 3.14. The Bertz CT molecular complexity index is 1120. The second kappa shape index (κ2) is 7.59. The van der Waals surface area contributed by atoms with Crippen LogP contribution in [-0.4, -0.2) is 40.0 Å². The third kappa shape index (κ3) is 4.01. The summed E-state index contributed by atoms with van der Waals surface area (Å²) in [5.74, 6) is 1.05. The Kier molecular flexibility index (Phi) is 4.83. The molecule has 0 radical (unpaired) electrons. The van der Waals surface area contributed by atoms with E-state index in [0.29, 0.717) is 46.3 Å². The summed E-state index contributed by atoms with van der Waals surface area (Å²) in [7, 11) is 0. The molecular weight excluding hydrogens is 368 g/mol. The van der Waals surface area contributed by atoms with Gasteiger partial charge in [-0.2, -0.15) is 10.2 Å². The highest BCUT2D eigenvalue weighted by molar-refractivity contribution is 5.87. The van der Waals surface area contributed by atoms with E-state index in [-0.39, 0.29) is 11.9 Å². The van der Waals surface area contributed by atoms with Gasteiger partial charge in [-0.05, 0) is 36.8 Å². The normalized spacial score (nSPS) is 15.9. The lowest BCUT2D eigenvalue weighted by Crippen LogP contribution is -2.35. The van der Waals surface area contributed by atoms with E-state index in [1.807, 2.05) is 12.1 Å². The van der Waals surface area contributed by atoms with Gasteiger partial charge >= 0.3 is 0 Å². The SMILES string of the molecule is CC(=O)N[C@H]1CCN(c2nc(Nc3cc(N)cc(C#N)c3)nc3cccnc23)C1. The Morgan fingerprint density at radius 1 is 1.34 bits per heavy atom. The number of carbonyl (C=O) groups excluding carboxylic acids is 1. The van der Waals surface area contributed by atoms with Gasteiger partial charge in [0.25, 0.3) is 0 Å². The van der Waals surface area contributed by atoms with E-state index in [1.54, 1.807) is 24.4 Å². The van der Waals surface area contributed by atoms with Crippen molar-refractivity contribution in [1.82, 2.24) is 20.3 Å². The van der Waals surface area contributed by atoms with Crippen LogP contribution < -0.4 is 21.3 Å². The smallest absolute Gasteiger partial charge is 0.229 e. The second-order valence-electron chi connectivity index (χ2n) is 6.95. The van der Waals surface area contributed by atoms with E-state index in [9.17, 15) is 4.79 Å². The van der Waals surface area contributed by atoms with Crippen molar-refractivity contribution in [2.75, 3.05) is 29.0 Å². The van der Waals surface area contributed by atoms with Gasteiger partial charge in [-0.1, -0.05) is 0 Å². The summed E-state index contributed by atoms with van der Waals surface area (Å²) in [5, 5.41) is 15.3. The molecule has 9 nitrogen and oxygen atoms in total. The van der Waals surface area contributed by atoms with Crippen molar-refractivity contribution in [1.29, 1.82) is 5.26 Å². The van der Waals surface area contributed by atoms with Gasteiger partial charge < -0.3 is 21.3 Å². The van der Waals surface area contributed by atoms with Crippen LogP contribution in [0, 0.1) is 11.3 Å². The van der Waals surface area contributed by atoms with Gasteiger partial charge in [-0.3, -0.25) is 9.78 Å². The van der Waals surface area contributed by atoms with Gasteiger partial charge in [-0.15, -0.1) is 0 Å². The number of aromatic nitrogens is 3. The van der Waals surface area contributed by atoms with Crippen LogP contribution in [0.5, 0.6) is 0 Å². The molecule has 9 heteroatoms. The van der Waals surface area contributed by atoms with Crippen LogP contribution >= 0.6 is 0 Å². The topological polar surface area (TPSA) is 133 Å². The van der Waals surface area contributed by atoms with Crippen LogP contribution in [0.4, 0.5) is 23.1 Å². The number of nitriles is 1. The largest absolute Gasteiger partial charge is 0.399 e. The Morgan fingerprint density at radius 2 is 2.21 bits per heavy atom. The van der Waals surface area contributed by atoms with E-state index < -0.39 is 0 Å². The highest BCUT2D eigenvalue weighted by Gasteiger charge is 2.26. The van der Waals surface area contributed by atoms with Crippen LogP contribution in [-0.2, 0) is 4.79 Å². The molecule has 1 aromatic carbocycles. The molecule has 29 heavy (non-hydrogen) atoms. The lowest BCUT2D eigenvalue weighted by atomic mass is 10.2. The maximum absolute atomic E-state index is 11.4. The molecule has 4 rings (SSSR count). The molecule has 0 saturated carbocycles. The second-order valence-corrected chi connectivity index (χ2v) is 6.95. The summed E-state index contributed by atoms with van der Waals surface area (Å²) < 4.78 is 0. The van der Waals surface area contributed by atoms with Gasteiger partial charge in [0.15, 0.2) is 5.82 Å². The molecule has 1 amide bonds. The number of hydrogen-bond donors (Lipinski definition) is 3. The van der Waals surface area contributed by atoms with Crippen molar-refractivity contribution in [3.8, 4) is 6.07 Å². The fourth-order valence-electron chi connectivity index (χ4n) is 3.50. The number of pyridine rings is 1. The van der Waals surface area contributed by atoms with Crippen LogP contribution in [0.1, 0.15) is 18.9 Å². The number of nitrogens with zero attached hydrogens (tertiary/aromatic N) is 5. The minimum Gasteiger partial charge on any atom is -0.399 e. The Morgan fingerprint density at radius 3 is 3.00 bits per heavy atom. The maximum atomic E-state index is 11.4. The molecule has 1 atom stereocenters. The van der Waals surface area contributed by atoms with Crippen molar-refractivity contribution in [2.45, 2.75) is 19.4 Å². The summed E-state index contributed by atoms with van der Waals surface area (Å²) >= 11 is 0. The minimum absolute atomic E-state index is 0.0418. The third-order valence-electron chi connectivity index (χ3n) is 4.67. The first-order valence-corrected chi connectivity index (χ1v) is 9.24. The van der Waals surface area contributed by atoms with E-state index in [0.717, 1.165) is 13.0 Å². The number of nitrogen functional groups attached to an aromatic ring is 1. The molecule has 1 aliphatic heterocycles. The molecule has 0 aliphatic carbocycles. The average molecular weight is 388 g/mol. The Balaban J connectivity index is 1.69. The highest BCUT2D eigenvalue weighted by Crippen LogP contribution is 2.28. The lowest BCUT2D eigenvalue weighted by Gasteiger charge is -2.20. The summed E-state index contributed by atoms with van der Waals surface area (Å²) in [5.41, 5.74) is 8.84. The molecule has 1 saturated heterocycles. The number of fused-ring (bicyclic) bond motifs is 1. The number of hydrogen-bond acceptors (Lipinski definition) is 8. The lowest BCUT2D eigenvalue weighted by molar-refractivity contribution is -0.119. The van der Waals surface area contributed by atoms with Crippen molar-refractivity contribution >= 4 is 40.1 Å². The fraction of sp³-hybridized carbons (Fsp3) is 0.250. The number of nitrogens with one attached hydrogen (secondary N) is 2. The molecule has 3 aromatic rings. The van der Waals surface area contributed by atoms with Gasteiger partial charge in [0.1, 0.15) is 5.52 Å². The number of amides is 1. The van der Waals surface area contributed by atoms with Crippen molar-refractivity contribution in [2.24, 2.45) is 0 Å². The molecular formula is C20H20N8O. The molecule has 0 unspecified atom stereocenters. The van der Waals surface area contributed by atoms with Gasteiger partial charge in [-0.25, -0.2) is 4.98 Å². The third-order valence-corrected chi connectivity index (χ3v) is 4.67. The maximum Gasteiger partial charge on any atom is 0.229 e. The zero-order valence-corrected chi connectivity index (χ0v) is 15.9. The van der Waals surface area contributed by atoms with Crippen LogP contribution in [0.15, 0.2) is 36.5 Å². The molecule has 146 valence electrons. The summed E-state index contributed by atoms with van der Waals surface area (Å²) in [4.78, 5) is 27.2. The van der Waals surface area contributed by atoms with E-state index in [4.69, 9.17) is 11.0 Å². The zero-order valence-electron chi connectivity index (χ0n) is 15.9. The molecule has 1 aliphatic rings. The molecule has 4 N–H and O–H groups in total. The first-order chi connectivity index (χ1) is 14.0. The van der Waals surface area contributed by atoms with E-state index >= 15 is 0 Å². The van der Waals surface area contributed by atoms with Crippen LogP contribution in [0.2, 0.25) is 0 Å². The summed E-state index contributed by atoms with van der Waals surface area (Å²) in [6.45, 7) is 2.93. The molecule has 0 bridgehead atoms.